The summed E-state index contributed by atoms with van der Waals surface area (Å²) in [5.41, 5.74) is 2.32. The van der Waals surface area contributed by atoms with Gasteiger partial charge in [-0.25, -0.2) is 4.63 Å². The van der Waals surface area contributed by atoms with E-state index in [2.05, 4.69) is 14.9 Å². The Labute approximate surface area is 99.4 Å². The predicted octanol–water partition coefficient (Wildman–Crippen LogP) is 2.21. The Bertz CT molecular complexity index is 513. The summed E-state index contributed by atoms with van der Waals surface area (Å²) in [7, 11) is 0. The molecule has 0 aliphatic heterocycles. The molecule has 0 saturated heterocycles. The van der Waals surface area contributed by atoms with Crippen molar-refractivity contribution in [3.8, 4) is 0 Å². The van der Waals surface area contributed by atoms with Crippen molar-refractivity contribution >= 4 is 5.78 Å². The minimum absolute atomic E-state index is 0.182. The van der Waals surface area contributed by atoms with Crippen LogP contribution in [0.4, 0.5) is 0 Å². The Balaban J connectivity index is 2.09. The zero-order valence-corrected chi connectivity index (χ0v) is 10.0. The highest BCUT2D eigenvalue weighted by Crippen LogP contribution is 2.09. The minimum atomic E-state index is 0.182. The summed E-state index contributed by atoms with van der Waals surface area (Å²) in [5, 5.41) is 7.53. The molecule has 0 fully saturated rings. The molecule has 17 heavy (non-hydrogen) atoms. The molecule has 0 unspecified atom stereocenters. The third-order valence-electron chi connectivity index (χ3n) is 2.63. The van der Waals surface area contributed by atoms with E-state index in [0.29, 0.717) is 13.0 Å². The van der Waals surface area contributed by atoms with Gasteiger partial charge in [-0.05, 0) is 19.4 Å². The zero-order valence-electron chi connectivity index (χ0n) is 10.0. The van der Waals surface area contributed by atoms with Crippen LogP contribution in [-0.4, -0.2) is 20.7 Å². The third kappa shape index (κ3) is 2.61. The fourth-order valence-corrected chi connectivity index (χ4v) is 1.64. The van der Waals surface area contributed by atoms with E-state index in [0.717, 1.165) is 23.4 Å². The molecular formula is C12H15N3O2. The summed E-state index contributed by atoms with van der Waals surface area (Å²) < 4.78 is 6.54. The number of carbonyl (C=O) groups is 1. The van der Waals surface area contributed by atoms with Gasteiger partial charge in [-0.15, -0.1) is 0 Å². The van der Waals surface area contributed by atoms with Crippen LogP contribution in [0.5, 0.6) is 0 Å². The van der Waals surface area contributed by atoms with Gasteiger partial charge in [0.25, 0.3) is 0 Å². The molecule has 2 rings (SSSR count). The molecule has 2 aromatic rings. The molecule has 90 valence electrons. The number of aromatic nitrogens is 3. The lowest BCUT2D eigenvalue weighted by Gasteiger charge is -1.98. The maximum atomic E-state index is 11.7. The van der Waals surface area contributed by atoms with Gasteiger partial charge >= 0.3 is 0 Å². The van der Waals surface area contributed by atoms with Crippen molar-refractivity contribution in [3.63, 3.8) is 0 Å². The van der Waals surface area contributed by atoms with E-state index < -0.39 is 0 Å². The van der Waals surface area contributed by atoms with Gasteiger partial charge in [-0.1, -0.05) is 17.2 Å². The van der Waals surface area contributed by atoms with Crippen molar-refractivity contribution in [2.75, 3.05) is 0 Å². The van der Waals surface area contributed by atoms with E-state index in [1.165, 1.54) is 0 Å². The first-order valence-corrected chi connectivity index (χ1v) is 5.67. The minimum Gasteiger partial charge on any atom is -0.347 e. The Morgan fingerprint density at radius 3 is 2.94 bits per heavy atom. The third-order valence-corrected chi connectivity index (χ3v) is 2.63. The van der Waals surface area contributed by atoms with Gasteiger partial charge in [0.05, 0.1) is 6.54 Å². The number of Topliss-reactive ketones (excluding diaryl/α,β-unsaturated/α-hetero) is 1. The first-order chi connectivity index (χ1) is 8.20. The molecule has 0 N–H and O–H groups in total. The van der Waals surface area contributed by atoms with E-state index in [4.69, 9.17) is 0 Å². The number of carbonyl (C=O) groups excluding carboxylic acids is 1. The monoisotopic (exact) mass is 233 g/mol. The molecule has 0 atom stereocenters. The van der Waals surface area contributed by atoms with E-state index in [-0.39, 0.29) is 5.78 Å². The van der Waals surface area contributed by atoms with Gasteiger partial charge in [0.15, 0.2) is 5.78 Å². The molecule has 0 aromatic carbocycles. The second-order valence-corrected chi connectivity index (χ2v) is 4.04. The maximum Gasteiger partial charge on any atom is 0.164 e. The average Bonchev–Trinajstić information content (AvgIpc) is 2.90. The first-order valence-electron chi connectivity index (χ1n) is 5.67. The van der Waals surface area contributed by atoms with Gasteiger partial charge in [-0.2, -0.15) is 0 Å². The fourth-order valence-electron chi connectivity index (χ4n) is 1.64. The molecule has 0 bridgehead atoms. The van der Waals surface area contributed by atoms with Crippen LogP contribution in [0.2, 0.25) is 0 Å². The number of rotatable bonds is 5. The van der Waals surface area contributed by atoms with Gasteiger partial charge in [-0.3, -0.25) is 4.79 Å². The van der Waals surface area contributed by atoms with Crippen LogP contribution >= 0.6 is 0 Å². The number of aryl methyl sites for hydroxylation is 1. The van der Waals surface area contributed by atoms with Crippen molar-refractivity contribution in [2.45, 2.75) is 33.2 Å². The quantitative estimate of drug-likeness (QED) is 0.743. The summed E-state index contributed by atoms with van der Waals surface area (Å²) in [6.45, 7) is 4.42. The van der Waals surface area contributed by atoms with Crippen LogP contribution in [0.25, 0.3) is 0 Å². The Morgan fingerprint density at radius 1 is 1.47 bits per heavy atom. The predicted molar refractivity (Wildman–Crippen MR) is 61.8 cm³/mol. The molecule has 0 spiro atoms. The molecular weight excluding hydrogens is 218 g/mol. The van der Waals surface area contributed by atoms with Crippen molar-refractivity contribution in [3.05, 3.63) is 35.4 Å². The molecule has 0 radical (unpaired) electrons. The van der Waals surface area contributed by atoms with Gasteiger partial charge in [0.1, 0.15) is 11.4 Å². The van der Waals surface area contributed by atoms with E-state index >= 15 is 0 Å². The van der Waals surface area contributed by atoms with Gasteiger partial charge in [0.2, 0.25) is 0 Å². The molecule has 2 aromatic heterocycles. The van der Waals surface area contributed by atoms with Crippen LogP contribution in [0.1, 0.15) is 41.5 Å². The van der Waals surface area contributed by atoms with Crippen molar-refractivity contribution in [2.24, 2.45) is 0 Å². The lowest BCUT2D eigenvalue weighted by atomic mass is 10.1. The Morgan fingerprint density at radius 2 is 2.29 bits per heavy atom. The first kappa shape index (κ1) is 11.6. The number of hydrogen-bond donors (Lipinski definition) is 0. The number of nitrogens with zero attached hydrogens (tertiary/aromatic N) is 3. The zero-order chi connectivity index (χ0) is 12.3. The van der Waals surface area contributed by atoms with Crippen LogP contribution in [0.15, 0.2) is 23.1 Å². The van der Waals surface area contributed by atoms with Crippen molar-refractivity contribution < 1.29 is 9.42 Å². The molecule has 5 heteroatoms. The lowest BCUT2D eigenvalue weighted by Crippen LogP contribution is -2.00. The molecule has 0 aliphatic carbocycles. The normalized spacial score (nSPS) is 10.7. The Kier molecular flexibility index (Phi) is 3.37. The summed E-state index contributed by atoms with van der Waals surface area (Å²) in [6.07, 6.45) is 5.17. The standard InChI is InChI=1S/C12H15N3O2/c1-3-4-12(16)10-5-6-15(7-10)8-11-9(2)13-17-14-11/h5-7H,3-4,8H2,1-2H3. The SMILES string of the molecule is CCCC(=O)c1ccn(Cc2nonc2C)c1. The number of hydrogen-bond acceptors (Lipinski definition) is 4. The average molecular weight is 233 g/mol. The lowest BCUT2D eigenvalue weighted by molar-refractivity contribution is 0.0981. The highest BCUT2D eigenvalue weighted by Gasteiger charge is 2.09. The highest BCUT2D eigenvalue weighted by atomic mass is 16.6. The van der Waals surface area contributed by atoms with Crippen molar-refractivity contribution in [1.82, 2.24) is 14.9 Å². The van der Waals surface area contributed by atoms with Crippen LogP contribution in [0, 0.1) is 6.92 Å². The second-order valence-electron chi connectivity index (χ2n) is 4.04. The van der Waals surface area contributed by atoms with E-state index in [1.807, 2.05) is 36.9 Å². The molecule has 2 heterocycles. The number of ketones is 1. The smallest absolute Gasteiger partial charge is 0.164 e. The summed E-state index contributed by atoms with van der Waals surface area (Å²) in [6, 6.07) is 1.83. The van der Waals surface area contributed by atoms with E-state index in [9.17, 15) is 4.79 Å². The fraction of sp³-hybridized carbons (Fsp3) is 0.417. The molecule has 0 amide bonds. The molecule has 0 saturated carbocycles. The topological polar surface area (TPSA) is 60.9 Å². The van der Waals surface area contributed by atoms with E-state index in [1.54, 1.807) is 0 Å². The summed E-state index contributed by atoms with van der Waals surface area (Å²) >= 11 is 0. The Hall–Kier alpha value is -1.91. The van der Waals surface area contributed by atoms with Gasteiger partial charge < -0.3 is 4.57 Å². The van der Waals surface area contributed by atoms with Crippen LogP contribution < -0.4 is 0 Å². The maximum absolute atomic E-state index is 11.7. The van der Waals surface area contributed by atoms with Crippen LogP contribution in [0.3, 0.4) is 0 Å². The molecule has 0 aliphatic rings. The highest BCUT2D eigenvalue weighted by molar-refractivity contribution is 5.95. The van der Waals surface area contributed by atoms with Crippen molar-refractivity contribution in [1.29, 1.82) is 0 Å². The largest absolute Gasteiger partial charge is 0.347 e. The van der Waals surface area contributed by atoms with Gasteiger partial charge in [0, 0.05) is 24.4 Å². The molecule has 5 nitrogen and oxygen atoms in total. The summed E-state index contributed by atoms with van der Waals surface area (Å²) in [5.74, 6) is 0.182. The second kappa shape index (κ2) is 4.95. The summed E-state index contributed by atoms with van der Waals surface area (Å²) in [4.78, 5) is 11.7. The van der Waals surface area contributed by atoms with Crippen LogP contribution in [-0.2, 0) is 6.54 Å².